The highest BCUT2D eigenvalue weighted by molar-refractivity contribution is 5.85. The summed E-state index contributed by atoms with van der Waals surface area (Å²) in [4.78, 5) is 34.4. The van der Waals surface area contributed by atoms with Gasteiger partial charge in [0.2, 0.25) is 0 Å². The van der Waals surface area contributed by atoms with Crippen LogP contribution in [0.5, 0.6) is 0 Å². The zero-order chi connectivity index (χ0) is 20.9. The van der Waals surface area contributed by atoms with E-state index in [4.69, 9.17) is 9.84 Å². The summed E-state index contributed by atoms with van der Waals surface area (Å²) in [5.74, 6) is -1.47. The molecule has 0 aromatic carbocycles. The first-order valence-corrected chi connectivity index (χ1v) is 10.6. The van der Waals surface area contributed by atoms with Crippen LogP contribution >= 0.6 is 0 Å². The van der Waals surface area contributed by atoms with E-state index in [1.165, 1.54) is 6.92 Å². The average molecular weight is 397 g/mol. The number of carbonyl (C=O) groups excluding carboxylic acids is 2. The van der Waals surface area contributed by atoms with Crippen molar-refractivity contribution < 1.29 is 29.3 Å². The van der Waals surface area contributed by atoms with Gasteiger partial charge in [-0.2, -0.15) is 0 Å². The van der Waals surface area contributed by atoms with E-state index in [0.29, 0.717) is 19.3 Å². The molecule has 0 bridgehead atoms. The Bertz CT molecular complexity index is 527. The summed E-state index contributed by atoms with van der Waals surface area (Å²) in [6.45, 7) is 3.46. The molecular formula is C22H36O6. The maximum absolute atomic E-state index is 12.5. The van der Waals surface area contributed by atoms with Crippen molar-refractivity contribution in [3.8, 4) is 0 Å². The topological polar surface area (TPSA) is 101 Å². The third-order valence-electron chi connectivity index (χ3n) is 5.34. The van der Waals surface area contributed by atoms with Crippen LogP contribution in [0.1, 0.15) is 84.5 Å². The quantitative estimate of drug-likeness (QED) is 0.261. The number of rotatable bonds is 14. The molecule has 0 radical (unpaired) electrons. The van der Waals surface area contributed by atoms with Crippen molar-refractivity contribution in [1.29, 1.82) is 0 Å². The predicted molar refractivity (Wildman–Crippen MR) is 107 cm³/mol. The van der Waals surface area contributed by atoms with Gasteiger partial charge in [0.25, 0.3) is 0 Å². The lowest BCUT2D eigenvalue weighted by molar-refractivity contribution is -0.147. The molecule has 0 amide bonds. The molecule has 0 aromatic rings. The lowest BCUT2D eigenvalue weighted by Crippen LogP contribution is -2.23. The molecule has 0 spiro atoms. The number of carbonyl (C=O) groups is 3. The highest BCUT2D eigenvalue weighted by Gasteiger charge is 2.42. The van der Waals surface area contributed by atoms with E-state index >= 15 is 0 Å². The summed E-state index contributed by atoms with van der Waals surface area (Å²) in [5, 5.41) is 18.8. The first kappa shape index (κ1) is 24.3. The van der Waals surface area contributed by atoms with Gasteiger partial charge in [0, 0.05) is 31.6 Å². The molecule has 28 heavy (non-hydrogen) atoms. The second-order valence-corrected chi connectivity index (χ2v) is 7.80. The van der Waals surface area contributed by atoms with Gasteiger partial charge in [0.15, 0.2) is 0 Å². The number of Topliss-reactive ketones (excluding diaryl/α,β-unsaturated/α-hetero) is 1. The zero-order valence-corrected chi connectivity index (χ0v) is 17.3. The maximum atomic E-state index is 12.5. The molecule has 6 heteroatoms. The van der Waals surface area contributed by atoms with Crippen molar-refractivity contribution in [2.75, 3.05) is 0 Å². The number of hydrogen-bond acceptors (Lipinski definition) is 5. The number of carboxylic acid groups (broad SMARTS) is 1. The summed E-state index contributed by atoms with van der Waals surface area (Å²) in [6.07, 6.45) is 10.7. The largest absolute Gasteiger partial charge is 0.481 e. The Morgan fingerprint density at radius 1 is 1.18 bits per heavy atom. The van der Waals surface area contributed by atoms with E-state index < -0.39 is 24.1 Å². The molecule has 1 aliphatic carbocycles. The highest BCUT2D eigenvalue weighted by atomic mass is 16.5. The Morgan fingerprint density at radius 2 is 1.89 bits per heavy atom. The van der Waals surface area contributed by atoms with Crippen molar-refractivity contribution in [2.45, 2.75) is 96.7 Å². The lowest BCUT2D eigenvalue weighted by Gasteiger charge is -2.21. The van der Waals surface area contributed by atoms with Crippen LogP contribution in [-0.4, -0.2) is 40.1 Å². The molecule has 0 heterocycles. The second-order valence-electron chi connectivity index (χ2n) is 7.80. The number of aliphatic hydroxyl groups excluding tert-OH is 1. The average Bonchev–Trinajstić information content (AvgIpc) is 2.90. The molecule has 0 saturated heterocycles. The number of aliphatic hydroxyl groups is 1. The number of ether oxygens (including phenoxy) is 1. The van der Waals surface area contributed by atoms with Crippen LogP contribution in [0.15, 0.2) is 12.2 Å². The minimum Gasteiger partial charge on any atom is -0.481 e. The Kier molecular flexibility index (Phi) is 11.7. The molecular weight excluding hydrogens is 360 g/mol. The zero-order valence-electron chi connectivity index (χ0n) is 17.3. The number of aliphatic carboxylic acids is 1. The summed E-state index contributed by atoms with van der Waals surface area (Å²) in [7, 11) is 0. The van der Waals surface area contributed by atoms with Crippen molar-refractivity contribution in [2.24, 2.45) is 11.8 Å². The molecule has 0 aliphatic heterocycles. The Balaban J connectivity index is 2.60. The first-order valence-electron chi connectivity index (χ1n) is 10.6. The fourth-order valence-corrected chi connectivity index (χ4v) is 3.85. The summed E-state index contributed by atoms with van der Waals surface area (Å²) < 4.78 is 5.37. The Hall–Kier alpha value is -1.69. The van der Waals surface area contributed by atoms with Crippen LogP contribution in [0.2, 0.25) is 0 Å². The fraction of sp³-hybridized carbons (Fsp3) is 0.773. The van der Waals surface area contributed by atoms with Crippen LogP contribution in [0, 0.1) is 11.8 Å². The van der Waals surface area contributed by atoms with Crippen molar-refractivity contribution >= 4 is 17.7 Å². The van der Waals surface area contributed by atoms with E-state index in [-0.39, 0.29) is 30.5 Å². The number of unbranched alkanes of at least 4 members (excludes halogenated alkanes) is 5. The van der Waals surface area contributed by atoms with Crippen LogP contribution < -0.4 is 0 Å². The van der Waals surface area contributed by atoms with Gasteiger partial charge < -0.3 is 14.9 Å². The van der Waals surface area contributed by atoms with Gasteiger partial charge >= 0.3 is 11.9 Å². The molecule has 1 fully saturated rings. The number of esters is 1. The summed E-state index contributed by atoms with van der Waals surface area (Å²) >= 11 is 0. The van der Waals surface area contributed by atoms with E-state index in [1.807, 2.05) is 6.08 Å². The van der Waals surface area contributed by atoms with E-state index in [1.54, 1.807) is 6.08 Å². The Morgan fingerprint density at radius 3 is 2.54 bits per heavy atom. The monoisotopic (exact) mass is 396 g/mol. The van der Waals surface area contributed by atoms with Gasteiger partial charge in [0.05, 0.1) is 6.10 Å². The normalized spacial score (nSPS) is 23.2. The van der Waals surface area contributed by atoms with Gasteiger partial charge in [-0.15, -0.1) is 0 Å². The maximum Gasteiger partial charge on any atom is 0.303 e. The van der Waals surface area contributed by atoms with Crippen molar-refractivity contribution in [1.82, 2.24) is 0 Å². The number of ketones is 1. The van der Waals surface area contributed by atoms with Crippen LogP contribution in [0.3, 0.4) is 0 Å². The molecule has 6 nitrogen and oxygen atoms in total. The summed E-state index contributed by atoms with van der Waals surface area (Å²) in [6, 6.07) is 0. The van der Waals surface area contributed by atoms with Crippen LogP contribution in [-0.2, 0) is 19.1 Å². The fourth-order valence-electron chi connectivity index (χ4n) is 3.85. The molecule has 4 atom stereocenters. The first-order chi connectivity index (χ1) is 13.3. The van der Waals surface area contributed by atoms with E-state index in [2.05, 4.69) is 6.92 Å². The standard InChI is InChI=1S/C22H36O6/c1-3-4-7-10-17(24)13-14-19-18(11-8-5-6-9-12-22(26)27)20(25)15-21(19)28-16(2)23/h13-14,17-19,21,24H,3-12,15H2,1-2H3,(H,26,27). The van der Waals surface area contributed by atoms with Gasteiger partial charge in [0.1, 0.15) is 11.9 Å². The molecule has 0 aromatic heterocycles. The lowest BCUT2D eigenvalue weighted by atomic mass is 9.88. The van der Waals surface area contributed by atoms with Crippen molar-refractivity contribution in [3.05, 3.63) is 12.2 Å². The predicted octanol–water partition coefficient (Wildman–Crippen LogP) is 4.05. The van der Waals surface area contributed by atoms with Gasteiger partial charge in [-0.25, -0.2) is 0 Å². The molecule has 160 valence electrons. The molecule has 1 aliphatic rings. The molecule has 1 saturated carbocycles. The number of hydrogen-bond donors (Lipinski definition) is 2. The highest BCUT2D eigenvalue weighted by Crippen LogP contribution is 2.36. The third-order valence-corrected chi connectivity index (χ3v) is 5.34. The van der Waals surface area contributed by atoms with E-state index in [0.717, 1.165) is 38.5 Å². The minimum absolute atomic E-state index is 0.104. The molecule has 1 rings (SSSR count). The molecule has 2 N–H and O–H groups in total. The number of carboxylic acids is 1. The van der Waals surface area contributed by atoms with Gasteiger partial charge in [-0.05, 0) is 19.3 Å². The second kappa shape index (κ2) is 13.5. The third kappa shape index (κ3) is 9.49. The van der Waals surface area contributed by atoms with Gasteiger partial charge in [-0.1, -0.05) is 57.6 Å². The smallest absolute Gasteiger partial charge is 0.303 e. The van der Waals surface area contributed by atoms with Gasteiger partial charge in [-0.3, -0.25) is 14.4 Å². The van der Waals surface area contributed by atoms with Crippen LogP contribution in [0.25, 0.3) is 0 Å². The van der Waals surface area contributed by atoms with E-state index in [9.17, 15) is 19.5 Å². The minimum atomic E-state index is -0.780. The van der Waals surface area contributed by atoms with Crippen LogP contribution in [0.4, 0.5) is 0 Å². The molecule has 4 unspecified atom stereocenters. The van der Waals surface area contributed by atoms with Crippen molar-refractivity contribution in [3.63, 3.8) is 0 Å². The Labute approximate surface area is 168 Å². The SMILES string of the molecule is CCCCCC(O)C=CC1C(OC(C)=O)CC(=O)C1CCCCCCC(=O)O. The summed E-state index contributed by atoms with van der Waals surface area (Å²) in [5.41, 5.74) is 0.